The molecule has 1 aromatic heterocycles. The standard InChI is InChI=1S/C20H18ClN3O3/c1-12-4-3-5-13(8-12)19-22-20(27-23-19)14-9-18(25)24(11-14)15-6-7-17(26-2)16(21)10-15/h3-8,10,14H,9,11H2,1-2H3/t14-/m0/s1. The zero-order chi connectivity index (χ0) is 19.0. The first-order valence-corrected chi connectivity index (χ1v) is 8.97. The fourth-order valence-corrected chi connectivity index (χ4v) is 3.50. The van der Waals surface area contributed by atoms with Crippen molar-refractivity contribution in [2.45, 2.75) is 19.3 Å². The zero-order valence-electron chi connectivity index (χ0n) is 15.0. The molecule has 3 aromatic rings. The van der Waals surface area contributed by atoms with E-state index in [2.05, 4.69) is 10.1 Å². The van der Waals surface area contributed by atoms with Crippen molar-refractivity contribution in [3.63, 3.8) is 0 Å². The summed E-state index contributed by atoms with van der Waals surface area (Å²) >= 11 is 6.19. The number of benzene rings is 2. The van der Waals surface area contributed by atoms with Gasteiger partial charge in [0.05, 0.1) is 18.1 Å². The third kappa shape index (κ3) is 3.40. The van der Waals surface area contributed by atoms with Gasteiger partial charge in [-0.3, -0.25) is 4.79 Å². The number of halogens is 1. The van der Waals surface area contributed by atoms with Crippen LogP contribution in [0.25, 0.3) is 11.4 Å². The molecule has 1 aliphatic heterocycles. The summed E-state index contributed by atoms with van der Waals surface area (Å²) in [7, 11) is 1.55. The number of amides is 1. The van der Waals surface area contributed by atoms with Gasteiger partial charge in [0, 0.05) is 24.2 Å². The summed E-state index contributed by atoms with van der Waals surface area (Å²) in [6.07, 6.45) is 0.319. The van der Waals surface area contributed by atoms with Crippen molar-refractivity contribution in [1.82, 2.24) is 10.1 Å². The number of methoxy groups -OCH3 is 1. The Balaban J connectivity index is 1.55. The second kappa shape index (κ2) is 7.04. The Morgan fingerprint density at radius 2 is 2.11 bits per heavy atom. The summed E-state index contributed by atoms with van der Waals surface area (Å²) in [6.45, 7) is 2.48. The molecule has 1 aliphatic rings. The lowest BCUT2D eigenvalue weighted by Gasteiger charge is -2.17. The quantitative estimate of drug-likeness (QED) is 0.674. The van der Waals surface area contributed by atoms with E-state index in [-0.39, 0.29) is 11.8 Å². The number of carbonyl (C=O) groups excluding carboxylic acids is 1. The number of hydrogen-bond donors (Lipinski definition) is 0. The first-order chi connectivity index (χ1) is 13.0. The highest BCUT2D eigenvalue weighted by Gasteiger charge is 2.35. The van der Waals surface area contributed by atoms with Gasteiger partial charge < -0.3 is 14.2 Å². The number of anilines is 1. The van der Waals surface area contributed by atoms with Crippen LogP contribution < -0.4 is 9.64 Å². The van der Waals surface area contributed by atoms with Crippen LogP contribution in [0.5, 0.6) is 5.75 Å². The molecule has 4 rings (SSSR count). The summed E-state index contributed by atoms with van der Waals surface area (Å²) < 4.78 is 10.6. The molecular weight excluding hydrogens is 366 g/mol. The minimum atomic E-state index is -0.149. The van der Waals surface area contributed by atoms with Crippen molar-refractivity contribution in [1.29, 1.82) is 0 Å². The fraction of sp³-hybridized carbons (Fsp3) is 0.250. The Kier molecular flexibility index (Phi) is 4.58. The van der Waals surface area contributed by atoms with Crippen molar-refractivity contribution in [3.05, 3.63) is 58.9 Å². The predicted octanol–water partition coefficient (Wildman–Crippen LogP) is 4.23. The molecule has 1 fully saturated rings. The molecule has 2 aromatic carbocycles. The summed E-state index contributed by atoms with van der Waals surface area (Å²) in [4.78, 5) is 18.7. The van der Waals surface area contributed by atoms with Gasteiger partial charge in [-0.15, -0.1) is 0 Å². The van der Waals surface area contributed by atoms with Crippen molar-refractivity contribution in [2.24, 2.45) is 0 Å². The molecule has 1 saturated heterocycles. The highest BCUT2D eigenvalue weighted by atomic mass is 35.5. The van der Waals surface area contributed by atoms with Gasteiger partial charge in [0.1, 0.15) is 5.75 Å². The SMILES string of the molecule is COc1ccc(N2C[C@@H](c3nc(-c4cccc(C)c4)no3)CC2=O)cc1Cl. The van der Waals surface area contributed by atoms with Crippen LogP contribution in [-0.4, -0.2) is 29.7 Å². The maximum absolute atomic E-state index is 12.5. The van der Waals surface area contributed by atoms with Crippen LogP contribution in [0.2, 0.25) is 5.02 Å². The van der Waals surface area contributed by atoms with Crippen LogP contribution in [-0.2, 0) is 4.79 Å². The number of hydrogen-bond acceptors (Lipinski definition) is 5. The summed E-state index contributed by atoms with van der Waals surface area (Å²) in [5.41, 5.74) is 2.75. The molecule has 1 amide bonds. The molecule has 27 heavy (non-hydrogen) atoms. The van der Waals surface area contributed by atoms with Crippen molar-refractivity contribution < 1.29 is 14.1 Å². The van der Waals surface area contributed by atoms with Crippen LogP contribution in [0, 0.1) is 6.92 Å². The molecule has 0 saturated carbocycles. The number of aromatic nitrogens is 2. The fourth-order valence-electron chi connectivity index (χ4n) is 3.25. The molecule has 0 radical (unpaired) electrons. The van der Waals surface area contributed by atoms with Gasteiger partial charge in [-0.25, -0.2) is 0 Å². The molecule has 0 bridgehead atoms. The van der Waals surface area contributed by atoms with E-state index in [1.165, 1.54) is 0 Å². The van der Waals surface area contributed by atoms with Crippen molar-refractivity contribution in [2.75, 3.05) is 18.6 Å². The molecular formula is C20H18ClN3O3. The van der Waals surface area contributed by atoms with Gasteiger partial charge in [0.2, 0.25) is 17.6 Å². The first-order valence-electron chi connectivity index (χ1n) is 8.59. The average Bonchev–Trinajstić information content (AvgIpc) is 3.28. The third-order valence-electron chi connectivity index (χ3n) is 4.64. The van der Waals surface area contributed by atoms with Crippen LogP contribution in [0.4, 0.5) is 5.69 Å². The minimum Gasteiger partial charge on any atom is -0.495 e. The van der Waals surface area contributed by atoms with Crippen LogP contribution in [0.15, 0.2) is 47.0 Å². The van der Waals surface area contributed by atoms with E-state index in [1.54, 1.807) is 24.1 Å². The second-order valence-corrected chi connectivity index (χ2v) is 6.96. The summed E-state index contributed by atoms with van der Waals surface area (Å²) in [5, 5.41) is 4.54. The maximum Gasteiger partial charge on any atom is 0.232 e. The maximum atomic E-state index is 12.5. The number of carbonyl (C=O) groups is 1. The zero-order valence-corrected chi connectivity index (χ0v) is 15.7. The third-order valence-corrected chi connectivity index (χ3v) is 4.93. The van der Waals surface area contributed by atoms with Gasteiger partial charge in [-0.1, -0.05) is 40.5 Å². The molecule has 7 heteroatoms. The molecule has 1 atom stereocenters. The van der Waals surface area contributed by atoms with Crippen molar-refractivity contribution in [3.8, 4) is 17.1 Å². The lowest BCUT2D eigenvalue weighted by Crippen LogP contribution is -2.24. The van der Waals surface area contributed by atoms with E-state index in [1.807, 2.05) is 37.3 Å². The van der Waals surface area contributed by atoms with E-state index >= 15 is 0 Å². The Bertz CT molecular complexity index is 1000. The van der Waals surface area contributed by atoms with Crippen LogP contribution in [0.3, 0.4) is 0 Å². The largest absolute Gasteiger partial charge is 0.495 e. The van der Waals surface area contributed by atoms with Gasteiger partial charge in [0.15, 0.2) is 0 Å². The smallest absolute Gasteiger partial charge is 0.232 e. The molecule has 6 nitrogen and oxygen atoms in total. The van der Waals surface area contributed by atoms with E-state index in [0.717, 1.165) is 16.8 Å². The molecule has 2 heterocycles. The van der Waals surface area contributed by atoms with Gasteiger partial charge in [0.25, 0.3) is 0 Å². The summed E-state index contributed by atoms with van der Waals surface area (Å²) in [6, 6.07) is 13.2. The molecule has 0 N–H and O–H groups in total. The molecule has 0 aliphatic carbocycles. The Morgan fingerprint density at radius 1 is 1.26 bits per heavy atom. The molecule has 0 unspecified atom stereocenters. The highest BCUT2D eigenvalue weighted by Crippen LogP contribution is 2.35. The number of nitrogens with zero attached hydrogens (tertiary/aromatic N) is 3. The summed E-state index contributed by atoms with van der Waals surface area (Å²) in [5.74, 6) is 1.43. The van der Waals surface area contributed by atoms with Gasteiger partial charge in [-0.05, 0) is 31.2 Å². The lowest BCUT2D eigenvalue weighted by atomic mass is 10.1. The Hall–Kier alpha value is -2.86. The second-order valence-electron chi connectivity index (χ2n) is 6.55. The predicted molar refractivity (Wildman–Crippen MR) is 102 cm³/mol. The van der Waals surface area contributed by atoms with Crippen LogP contribution in [0.1, 0.15) is 23.8 Å². The highest BCUT2D eigenvalue weighted by molar-refractivity contribution is 6.32. The normalized spacial score (nSPS) is 16.8. The number of aryl methyl sites for hydroxylation is 1. The van der Waals surface area contributed by atoms with Crippen LogP contribution >= 0.6 is 11.6 Å². The van der Waals surface area contributed by atoms with E-state index in [0.29, 0.717) is 35.5 Å². The van der Waals surface area contributed by atoms with Gasteiger partial charge in [-0.2, -0.15) is 4.98 Å². The molecule has 138 valence electrons. The Labute approximate surface area is 161 Å². The number of ether oxygens (including phenoxy) is 1. The van der Waals surface area contributed by atoms with E-state index in [4.69, 9.17) is 20.9 Å². The monoisotopic (exact) mass is 383 g/mol. The molecule has 0 spiro atoms. The average molecular weight is 384 g/mol. The van der Waals surface area contributed by atoms with Crippen molar-refractivity contribution >= 4 is 23.2 Å². The lowest BCUT2D eigenvalue weighted by molar-refractivity contribution is -0.117. The minimum absolute atomic E-state index is 0.00320. The Morgan fingerprint density at radius 3 is 2.85 bits per heavy atom. The number of rotatable bonds is 4. The topological polar surface area (TPSA) is 68.5 Å². The first kappa shape index (κ1) is 17.5. The van der Waals surface area contributed by atoms with E-state index < -0.39 is 0 Å². The van der Waals surface area contributed by atoms with Gasteiger partial charge >= 0.3 is 0 Å². The van der Waals surface area contributed by atoms with E-state index in [9.17, 15) is 4.79 Å².